The molecule has 4 rings (SSSR count). The van der Waals surface area contributed by atoms with Crippen LogP contribution in [0.3, 0.4) is 0 Å². The molecular weight excluding hydrogens is 403 g/mol. The van der Waals surface area contributed by atoms with Crippen molar-refractivity contribution in [1.29, 1.82) is 0 Å². The number of hydrogen-bond donors (Lipinski definition) is 2. The van der Waals surface area contributed by atoms with Crippen molar-refractivity contribution in [3.63, 3.8) is 0 Å². The van der Waals surface area contributed by atoms with E-state index in [2.05, 4.69) is 10.3 Å². The summed E-state index contributed by atoms with van der Waals surface area (Å²) in [5, 5.41) is 3.08. The largest absolute Gasteiger partial charge is 0.322 e. The van der Waals surface area contributed by atoms with E-state index in [1.807, 2.05) is 32.0 Å². The SMILES string of the molecule is CC(C)C(C=C1SC(=O)NC1=O)c1ccc(-c2ccc3cccc(F)c3c2)[nH]c1=O. The summed E-state index contributed by atoms with van der Waals surface area (Å²) in [6.45, 7) is 3.89. The van der Waals surface area contributed by atoms with E-state index < -0.39 is 11.1 Å². The number of H-pyrrole nitrogens is 1. The van der Waals surface area contributed by atoms with E-state index in [1.54, 1.807) is 30.3 Å². The first kappa shape index (κ1) is 20.1. The first-order valence-electron chi connectivity index (χ1n) is 9.50. The summed E-state index contributed by atoms with van der Waals surface area (Å²) in [6.07, 6.45) is 1.67. The lowest BCUT2D eigenvalue weighted by Gasteiger charge is -2.17. The molecular formula is C23H19FN2O3S. The number of thioether (sulfide) groups is 1. The molecule has 1 unspecified atom stereocenters. The molecule has 0 bridgehead atoms. The molecule has 30 heavy (non-hydrogen) atoms. The monoisotopic (exact) mass is 422 g/mol. The average Bonchev–Trinajstić information content (AvgIpc) is 3.03. The summed E-state index contributed by atoms with van der Waals surface area (Å²) in [5.41, 5.74) is 1.49. The van der Waals surface area contributed by atoms with E-state index in [0.717, 1.165) is 17.1 Å². The molecule has 2 N–H and O–H groups in total. The van der Waals surface area contributed by atoms with Crippen LogP contribution in [0.5, 0.6) is 0 Å². The van der Waals surface area contributed by atoms with Crippen molar-refractivity contribution < 1.29 is 14.0 Å². The maximum Gasteiger partial charge on any atom is 0.290 e. The first-order valence-corrected chi connectivity index (χ1v) is 10.3. The average molecular weight is 422 g/mol. The second kappa shape index (κ2) is 7.91. The third-order valence-corrected chi connectivity index (χ3v) is 5.96. The fourth-order valence-electron chi connectivity index (χ4n) is 3.56. The molecule has 1 aromatic heterocycles. The molecule has 1 aliphatic heterocycles. The smallest absolute Gasteiger partial charge is 0.290 e. The predicted molar refractivity (Wildman–Crippen MR) is 117 cm³/mol. The molecule has 1 fully saturated rings. The van der Waals surface area contributed by atoms with Crippen molar-refractivity contribution in [2.75, 3.05) is 0 Å². The normalized spacial score (nSPS) is 16.5. The van der Waals surface area contributed by atoms with Gasteiger partial charge in [-0.1, -0.05) is 50.3 Å². The number of carbonyl (C=O) groups excluding carboxylic acids is 2. The molecule has 1 saturated heterocycles. The predicted octanol–water partition coefficient (Wildman–Crippen LogP) is 4.94. The number of fused-ring (bicyclic) bond motifs is 1. The van der Waals surface area contributed by atoms with Gasteiger partial charge in [-0.05, 0) is 46.8 Å². The van der Waals surface area contributed by atoms with Gasteiger partial charge in [0.2, 0.25) is 0 Å². The molecule has 2 heterocycles. The van der Waals surface area contributed by atoms with Gasteiger partial charge in [-0.25, -0.2) is 4.39 Å². The van der Waals surface area contributed by atoms with Gasteiger partial charge >= 0.3 is 0 Å². The van der Waals surface area contributed by atoms with Crippen LogP contribution in [0.1, 0.15) is 25.3 Å². The number of amides is 2. The van der Waals surface area contributed by atoms with Crippen molar-refractivity contribution in [3.8, 4) is 11.3 Å². The standard InChI is InChI=1S/C23H19FN2O3S/c1-12(2)16(11-20-22(28)26-23(29)30-20)15-8-9-19(25-21(15)27)14-7-6-13-4-3-5-18(24)17(13)10-14/h3-12,16H,1-2H3,(H,25,27)(H,26,28,29). The summed E-state index contributed by atoms with van der Waals surface area (Å²) in [4.78, 5) is 39.4. The van der Waals surface area contributed by atoms with Crippen LogP contribution in [0.2, 0.25) is 0 Å². The highest BCUT2D eigenvalue weighted by Gasteiger charge is 2.28. The quantitative estimate of drug-likeness (QED) is 0.584. The molecule has 1 atom stereocenters. The van der Waals surface area contributed by atoms with Gasteiger partial charge < -0.3 is 4.98 Å². The number of carbonyl (C=O) groups is 2. The Balaban J connectivity index is 1.73. The Hall–Kier alpha value is -3.19. The molecule has 7 heteroatoms. The van der Waals surface area contributed by atoms with Gasteiger partial charge in [0.15, 0.2) is 0 Å². The van der Waals surface area contributed by atoms with E-state index in [0.29, 0.717) is 27.1 Å². The van der Waals surface area contributed by atoms with Crippen molar-refractivity contribution in [3.05, 3.63) is 81.2 Å². The number of rotatable bonds is 4. The van der Waals surface area contributed by atoms with Gasteiger partial charge in [0, 0.05) is 22.6 Å². The van der Waals surface area contributed by atoms with Gasteiger partial charge in [-0.2, -0.15) is 0 Å². The Bertz CT molecular complexity index is 1260. The zero-order chi connectivity index (χ0) is 21.4. The molecule has 0 spiro atoms. The van der Waals surface area contributed by atoms with Crippen LogP contribution in [0.15, 0.2) is 64.3 Å². The number of pyridine rings is 1. The highest BCUT2D eigenvalue weighted by atomic mass is 32.2. The second-order valence-corrected chi connectivity index (χ2v) is 8.49. The summed E-state index contributed by atoms with van der Waals surface area (Å²) in [6, 6.07) is 13.7. The van der Waals surface area contributed by atoms with Gasteiger partial charge in [-0.15, -0.1) is 0 Å². The maximum atomic E-state index is 14.1. The summed E-state index contributed by atoms with van der Waals surface area (Å²) >= 11 is 0.836. The highest BCUT2D eigenvalue weighted by molar-refractivity contribution is 8.18. The number of nitrogens with one attached hydrogen (secondary N) is 2. The van der Waals surface area contributed by atoms with Crippen molar-refractivity contribution in [2.24, 2.45) is 5.92 Å². The molecule has 0 aliphatic carbocycles. The molecule has 152 valence electrons. The van der Waals surface area contributed by atoms with Gasteiger partial charge in [0.05, 0.1) is 4.91 Å². The Morgan fingerprint density at radius 3 is 2.50 bits per heavy atom. The van der Waals surface area contributed by atoms with Crippen LogP contribution in [-0.4, -0.2) is 16.1 Å². The summed E-state index contributed by atoms with van der Waals surface area (Å²) < 4.78 is 14.1. The van der Waals surface area contributed by atoms with Crippen molar-refractivity contribution >= 4 is 33.7 Å². The third kappa shape index (κ3) is 3.80. The minimum Gasteiger partial charge on any atom is -0.322 e. The summed E-state index contributed by atoms with van der Waals surface area (Å²) in [7, 11) is 0. The van der Waals surface area contributed by atoms with E-state index in [1.165, 1.54) is 6.07 Å². The second-order valence-electron chi connectivity index (χ2n) is 7.48. The number of halogens is 1. The Morgan fingerprint density at radius 1 is 1.03 bits per heavy atom. The molecule has 1 aliphatic rings. The zero-order valence-electron chi connectivity index (χ0n) is 16.4. The Kier molecular flexibility index (Phi) is 5.30. The van der Waals surface area contributed by atoms with Crippen LogP contribution in [0, 0.1) is 11.7 Å². The number of aromatic nitrogens is 1. The van der Waals surface area contributed by atoms with E-state index in [4.69, 9.17) is 0 Å². The van der Waals surface area contributed by atoms with E-state index in [9.17, 15) is 18.8 Å². The van der Waals surface area contributed by atoms with Crippen LogP contribution < -0.4 is 10.9 Å². The lowest BCUT2D eigenvalue weighted by molar-refractivity contribution is -0.115. The Labute approximate surface area is 176 Å². The van der Waals surface area contributed by atoms with Gasteiger partial charge in [-0.3, -0.25) is 19.7 Å². The molecule has 0 radical (unpaired) electrons. The van der Waals surface area contributed by atoms with Crippen LogP contribution in [0.4, 0.5) is 9.18 Å². The number of imide groups is 1. The van der Waals surface area contributed by atoms with E-state index >= 15 is 0 Å². The fraction of sp³-hybridized carbons (Fsp3) is 0.174. The van der Waals surface area contributed by atoms with Crippen LogP contribution >= 0.6 is 11.8 Å². The number of allylic oxidation sites excluding steroid dienone is 1. The van der Waals surface area contributed by atoms with Crippen molar-refractivity contribution in [2.45, 2.75) is 19.8 Å². The minimum absolute atomic E-state index is 0.0308. The molecule has 5 nitrogen and oxygen atoms in total. The fourth-order valence-corrected chi connectivity index (χ4v) is 4.26. The van der Waals surface area contributed by atoms with Crippen molar-refractivity contribution in [1.82, 2.24) is 10.3 Å². The zero-order valence-corrected chi connectivity index (χ0v) is 17.2. The molecule has 2 amide bonds. The van der Waals surface area contributed by atoms with Crippen LogP contribution in [-0.2, 0) is 4.79 Å². The van der Waals surface area contributed by atoms with Gasteiger partial charge in [0.1, 0.15) is 5.82 Å². The molecule has 3 aromatic rings. The lowest BCUT2D eigenvalue weighted by atomic mass is 9.88. The topological polar surface area (TPSA) is 79.0 Å². The minimum atomic E-state index is -0.443. The number of hydrogen-bond acceptors (Lipinski definition) is 4. The first-order chi connectivity index (χ1) is 14.3. The summed E-state index contributed by atoms with van der Waals surface area (Å²) in [5.74, 6) is -1.07. The number of benzene rings is 2. The highest BCUT2D eigenvalue weighted by Crippen LogP contribution is 2.32. The van der Waals surface area contributed by atoms with E-state index in [-0.39, 0.29) is 23.2 Å². The number of aromatic amines is 1. The van der Waals surface area contributed by atoms with Crippen LogP contribution in [0.25, 0.3) is 22.0 Å². The lowest BCUT2D eigenvalue weighted by Crippen LogP contribution is -2.21. The Morgan fingerprint density at radius 2 is 1.83 bits per heavy atom. The maximum absolute atomic E-state index is 14.1. The molecule has 2 aromatic carbocycles. The van der Waals surface area contributed by atoms with Gasteiger partial charge in [0.25, 0.3) is 16.7 Å². The molecule has 0 saturated carbocycles. The third-order valence-electron chi connectivity index (χ3n) is 5.13.